The van der Waals surface area contributed by atoms with Crippen molar-refractivity contribution in [3.63, 3.8) is 0 Å². The zero-order valence-electron chi connectivity index (χ0n) is 7.29. The van der Waals surface area contributed by atoms with Crippen LogP contribution in [0.2, 0.25) is 0 Å². The van der Waals surface area contributed by atoms with E-state index in [1.165, 1.54) is 6.07 Å². The lowest BCUT2D eigenvalue weighted by atomic mass is 10.6. The molecule has 9 heteroatoms. The maximum atomic E-state index is 10.0. The first-order chi connectivity index (χ1) is 6.93. The summed E-state index contributed by atoms with van der Waals surface area (Å²) in [5.74, 6) is 0. The van der Waals surface area contributed by atoms with Gasteiger partial charge in [-0.05, 0) is 26.9 Å². The molecule has 0 aliphatic heterocycles. The summed E-state index contributed by atoms with van der Waals surface area (Å²) in [6.07, 6.45) is 0. The quantitative estimate of drug-likeness (QED) is 0.238. The third kappa shape index (κ3) is 13.1. The molecule has 1 aromatic rings. The molecule has 0 radical (unpaired) electrons. The lowest BCUT2D eigenvalue weighted by Gasteiger charge is -1.77. The molecule has 0 saturated heterocycles. The molecule has 0 aromatic carbocycles. The zero-order chi connectivity index (χ0) is 12.4. The normalized spacial score (nSPS) is 8.47. The summed E-state index contributed by atoms with van der Waals surface area (Å²) >= 11 is 20.8. The topological polar surface area (TPSA) is 43.1 Å². The van der Waals surface area contributed by atoms with Crippen molar-refractivity contribution in [3.8, 4) is 0 Å². The van der Waals surface area contributed by atoms with Gasteiger partial charge in [0.15, 0.2) is 4.30 Å². The molecule has 0 aliphatic rings. The summed E-state index contributed by atoms with van der Waals surface area (Å²) in [5, 5.41) is 10.2. The van der Waals surface area contributed by atoms with E-state index in [0.717, 1.165) is 15.1 Å². The van der Waals surface area contributed by atoms with Crippen molar-refractivity contribution in [2.45, 2.75) is 4.30 Å². The van der Waals surface area contributed by atoms with Gasteiger partial charge in [-0.3, -0.25) is 10.1 Å². The van der Waals surface area contributed by atoms with Crippen LogP contribution in [-0.4, -0.2) is 14.1 Å². The minimum Gasteiger partial charge on any atom is -0.258 e. The third-order valence-electron chi connectivity index (χ3n) is 0.739. The van der Waals surface area contributed by atoms with Crippen LogP contribution in [0.15, 0.2) is 15.9 Å². The lowest BCUT2D eigenvalue weighted by molar-refractivity contribution is -0.380. The van der Waals surface area contributed by atoms with Crippen LogP contribution in [0.5, 0.6) is 0 Å². The predicted molar refractivity (Wildman–Crippen MR) is 80.0 cm³/mol. The Morgan fingerprint density at radius 3 is 2.00 bits per heavy atom. The van der Waals surface area contributed by atoms with E-state index < -0.39 is 9.22 Å². The van der Waals surface area contributed by atoms with Crippen LogP contribution in [0.3, 0.4) is 0 Å². The first-order valence-corrected chi connectivity index (χ1v) is 8.21. The summed E-state index contributed by atoms with van der Waals surface area (Å²) in [6, 6.07) is 3.12. The monoisotopic (exact) mass is 467 g/mol. The van der Waals surface area contributed by atoms with Crippen molar-refractivity contribution in [2.75, 3.05) is 4.93 Å². The van der Waals surface area contributed by atoms with Gasteiger partial charge in [0, 0.05) is 6.07 Å². The fourth-order valence-corrected chi connectivity index (χ4v) is 1.58. The van der Waals surface area contributed by atoms with Gasteiger partial charge in [-0.1, -0.05) is 68.7 Å². The van der Waals surface area contributed by atoms with Crippen LogP contribution in [0.1, 0.15) is 0 Å². The summed E-state index contributed by atoms with van der Waals surface area (Å²) in [6.45, 7) is 0. The van der Waals surface area contributed by atoms with E-state index in [9.17, 15) is 10.1 Å². The Labute approximate surface area is 129 Å². The third-order valence-corrected chi connectivity index (χ3v) is 2.31. The van der Waals surface area contributed by atoms with Crippen LogP contribution in [0.25, 0.3) is 0 Å². The highest BCUT2D eigenvalue weighted by Gasteiger charge is 2.06. The van der Waals surface area contributed by atoms with Crippen LogP contribution in [-0.2, 0) is 0 Å². The van der Waals surface area contributed by atoms with E-state index in [1.54, 1.807) is 6.07 Å². The lowest BCUT2D eigenvalue weighted by Crippen LogP contribution is -1.80. The second kappa shape index (κ2) is 11.7. The molecule has 0 unspecified atom stereocenters. The number of nitro groups is 1. The zero-order valence-corrected chi connectivity index (χ0v) is 14.1. The number of hydrogen-bond acceptors (Lipinski definition) is 3. The molecule has 1 rings (SSSR count). The molecule has 0 bridgehead atoms. The van der Waals surface area contributed by atoms with Gasteiger partial charge in [0.1, 0.15) is 0 Å². The number of alkyl halides is 4. The molecule has 88 valence electrons. The highest BCUT2D eigenvalue weighted by Crippen LogP contribution is 2.27. The van der Waals surface area contributed by atoms with Gasteiger partial charge in [-0.25, -0.2) is 0 Å². The van der Waals surface area contributed by atoms with Gasteiger partial charge < -0.3 is 0 Å². The van der Waals surface area contributed by atoms with Gasteiger partial charge in [0.2, 0.25) is 0 Å². The molecule has 0 atom stereocenters. The highest BCUT2D eigenvalue weighted by molar-refractivity contribution is 14.1. The van der Waals surface area contributed by atoms with Gasteiger partial charge in [0.25, 0.3) is 0 Å². The maximum Gasteiger partial charge on any atom is 0.325 e. The SMILES string of the molecule is CI.ClC(Cl)Cl.O=[N+]([O-])c1ccc(Br)s1. The van der Waals surface area contributed by atoms with Crippen LogP contribution < -0.4 is 0 Å². The number of hydrogen-bond donors (Lipinski definition) is 0. The molecule has 1 heterocycles. The minimum absolute atomic E-state index is 0.168. The largest absolute Gasteiger partial charge is 0.325 e. The van der Waals surface area contributed by atoms with E-state index in [4.69, 9.17) is 34.8 Å². The van der Waals surface area contributed by atoms with Crippen molar-refractivity contribution in [3.05, 3.63) is 26.0 Å². The molecule has 0 aliphatic carbocycles. The predicted octanol–water partition coefficient (Wildman–Crippen LogP) is 5.46. The Morgan fingerprint density at radius 1 is 1.47 bits per heavy atom. The summed E-state index contributed by atoms with van der Waals surface area (Å²) < 4.78 is 0.0363. The summed E-state index contributed by atoms with van der Waals surface area (Å²) in [5.41, 5.74) is 0. The number of thiophene rings is 1. The Balaban J connectivity index is 0. The molecular formula is C6H6BrCl3INO2S. The molecule has 3 nitrogen and oxygen atoms in total. The smallest absolute Gasteiger partial charge is 0.258 e. The number of rotatable bonds is 1. The number of nitrogens with zero attached hydrogens (tertiary/aromatic N) is 1. The average Bonchev–Trinajstić information content (AvgIpc) is 2.54. The van der Waals surface area contributed by atoms with Crippen molar-refractivity contribution < 1.29 is 4.92 Å². The maximum absolute atomic E-state index is 10.0. The molecule has 0 spiro atoms. The molecule has 0 saturated carbocycles. The first kappa shape index (κ1) is 18.5. The van der Waals surface area contributed by atoms with Crippen LogP contribution in [0, 0.1) is 10.1 Å². The standard InChI is InChI=1S/C4H2BrNO2S.CHCl3.CH3I/c5-3-1-2-4(9-3)6(7)8;2-1(3)4;1-2/h1-2H;1H;1H3. The molecule has 0 amide bonds. The van der Waals surface area contributed by atoms with E-state index in [1.807, 2.05) is 4.93 Å². The van der Waals surface area contributed by atoms with Crippen LogP contribution in [0.4, 0.5) is 5.00 Å². The Hall–Kier alpha value is 1.18. The fraction of sp³-hybridized carbons (Fsp3) is 0.333. The number of halogens is 5. The van der Waals surface area contributed by atoms with Crippen LogP contribution >= 0.6 is 84.7 Å². The van der Waals surface area contributed by atoms with Gasteiger partial charge in [0.05, 0.1) is 8.71 Å². The van der Waals surface area contributed by atoms with E-state index in [2.05, 4.69) is 38.5 Å². The van der Waals surface area contributed by atoms with Gasteiger partial charge in [-0.15, -0.1) is 0 Å². The molecular weight excluding hydrogens is 463 g/mol. The second-order valence-electron chi connectivity index (χ2n) is 1.58. The summed E-state index contributed by atoms with van der Waals surface area (Å²) in [7, 11) is 0. The highest BCUT2D eigenvalue weighted by atomic mass is 127. The Morgan fingerprint density at radius 2 is 1.87 bits per heavy atom. The van der Waals surface area contributed by atoms with E-state index >= 15 is 0 Å². The minimum atomic E-state index is -0.750. The van der Waals surface area contributed by atoms with Crippen molar-refractivity contribution in [1.82, 2.24) is 0 Å². The van der Waals surface area contributed by atoms with E-state index in [0.29, 0.717) is 0 Å². The van der Waals surface area contributed by atoms with Gasteiger partial charge >= 0.3 is 5.00 Å². The van der Waals surface area contributed by atoms with Gasteiger partial charge in [-0.2, -0.15) is 0 Å². The molecule has 0 N–H and O–H groups in total. The molecule has 1 aromatic heterocycles. The van der Waals surface area contributed by atoms with Crippen molar-refractivity contribution in [1.29, 1.82) is 0 Å². The van der Waals surface area contributed by atoms with Crippen molar-refractivity contribution in [2.24, 2.45) is 0 Å². The molecule has 15 heavy (non-hydrogen) atoms. The Bertz CT molecular complexity index is 284. The van der Waals surface area contributed by atoms with Crippen molar-refractivity contribution >= 4 is 89.7 Å². The first-order valence-electron chi connectivity index (χ1n) is 3.13. The second-order valence-corrected chi connectivity index (χ2v) is 6.00. The Kier molecular flexibility index (Phi) is 14.4. The molecule has 0 fully saturated rings. The summed E-state index contributed by atoms with van der Waals surface area (Å²) in [4.78, 5) is 11.6. The average molecular weight is 469 g/mol. The van der Waals surface area contributed by atoms with E-state index in [-0.39, 0.29) is 5.00 Å². The fourth-order valence-electron chi connectivity index (χ4n) is 0.403.